The Bertz CT molecular complexity index is 1170. The first-order chi connectivity index (χ1) is 13.0. The van der Waals surface area contributed by atoms with Crippen LogP contribution in [0.2, 0.25) is 0 Å². The molecule has 27 heavy (non-hydrogen) atoms. The molecule has 0 aliphatic rings. The van der Waals surface area contributed by atoms with E-state index >= 15 is 0 Å². The molecule has 0 atom stereocenters. The van der Waals surface area contributed by atoms with Gasteiger partial charge >= 0.3 is 0 Å². The van der Waals surface area contributed by atoms with Crippen LogP contribution in [0.4, 0.5) is 5.82 Å². The van der Waals surface area contributed by atoms with Gasteiger partial charge in [-0.05, 0) is 49.7 Å². The summed E-state index contributed by atoms with van der Waals surface area (Å²) in [7, 11) is 0. The van der Waals surface area contributed by atoms with Gasteiger partial charge in [0.05, 0.1) is 16.9 Å². The second-order valence-electron chi connectivity index (χ2n) is 6.16. The fourth-order valence-electron chi connectivity index (χ4n) is 2.90. The quantitative estimate of drug-likeness (QED) is 0.530. The van der Waals surface area contributed by atoms with Gasteiger partial charge in [-0.2, -0.15) is 0 Å². The van der Waals surface area contributed by atoms with Crippen LogP contribution in [0.15, 0.2) is 59.1 Å². The number of carbonyl (C=O) groups is 1. The molecule has 0 saturated carbocycles. The van der Waals surface area contributed by atoms with E-state index in [0.29, 0.717) is 11.5 Å². The number of nitrogens with one attached hydrogen (secondary N) is 1. The fraction of sp³-hybridized carbons (Fsp3) is 0.100. The van der Waals surface area contributed by atoms with Crippen molar-refractivity contribution in [1.29, 1.82) is 0 Å². The van der Waals surface area contributed by atoms with Gasteiger partial charge < -0.3 is 5.32 Å². The van der Waals surface area contributed by atoms with Crippen molar-refractivity contribution in [2.45, 2.75) is 13.8 Å². The normalized spacial score (nSPS) is 10.9. The zero-order valence-electron chi connectivity index (χ0n) is 14.8. The van der Waals surface area contributed by atoms with Gasteiger partial charge in [0.15, 0.2) is 5.69 Å². The predicted octanol–water partition coefficient (Wildman–Crippen LogP) is 4.45. The molecule has 0 aliphatic heterocycles. The molecule has 1 N–H and O–H groups in total. The summed E-state index contributed by atoms with van der Waals surface area (Å²) in [5.41, 5.74) is 3.64. The molecule has 1 amide bonds. The lowest BCUT2D eigenvalue weighted by molar-refractivity contribution is 0.102. The van der Waals surface area contributed by atoms with E-state index in [1.54, 1.807) is 10.7 Å². The van der Waals surface area contributed by atoms with Crippen molar-refractivity contribution in [3.05, 3.63) is 76.0 Å². The topological polar surface area (TPSA) is 72.7 Å². The lowest BCUT2D eigenvalue weighted by Crippen LogP contribution is -2.15. The molecule has 2 aromatic carbocycles. The summed E-state index contributed by atoms with van der Waals surface area (Å²) in [5.74, 6) is 0.139. The Hall–Kier alpha value is -3.06. The highest BCUT2D eigenvalue weighted by molar-refractivity contribution is 9.10. The Balaban J connectivity index is 1.64. The molecule has 134 valence electrons. The molecule has 0 radical (unpaired) electrons. The van der Waals surface area contributed by atoms with Gasteiger partial charge in [0.1, 0.15) is 5.82 Å². The van der Waals surface area contributed by atoms with Crippen molar-refractivity contribution in [3.8, 4) is 5.69 Å². The lowest BCUT2D eigenvalue weighted by Gasteiger charge is -2.09. The molecule has 0 saturated heterocycles. The van der Waals surface area contributed by atoms with Gasteiger partial charge in [-0.3, -0.25) is 4.79 Å². The molecular weight excluding hydrogens is 406 g/mol. The molecule has 4 aromatic rings. The highest BCUT2D eigenvalue weighted by Gasteiger charge is 2.19. The molecular formula is C20H16BrN5O. The maximum atomic E-state index is 12.7. The van der Waals surface area contributed by atoms with Crippen molar-refractivity contribution >= 4 is 38.6 Å². The summed E-state index contributed by atoms with van der Waals surface area (Å²) in [6.45, 7) is 3.81. The Morgan fingerprint density at radius 2 is 1.85 bits per heavy atom. The van der Waals surface area contributed by atoms with E-state index in [4.69, 9.17) is 0 Å². The van der Waals surface area contributed by atoms with Gasteiger partial charge in [0.25, 0.3) is 5.91 Å². The molecule has 2 heterocycles. The summed E-state index contributed by atoms with van der Waals surface area (Å²) in [5, 5.41) is 12.1. The van der Waals surface area contributed by atoms with E-state index in [2.05, 4.69) is 36.5 Å². The summed E-state index contributed by atoms with van der Waals surface area (Å²) in [6.07, 6.45) is 0. The number of para-hydroxylation sites is 1. The van der Waals surface area contributed by atoms with E-state index in [-0.39, 0.29) is 11.6 Å². The molecule has 7 heteroatoms. The summed E-state index contributed by atoms with van der Waals surface area (Å²) in [4.78, 5) is 17.2. The number of halogens is 1. The molecule has 0 aliphatic carbocycles. The third-order valence-electron chi connectivity index (χ3n) is 4.42. The number of nitrogens with zero attached hydrogens (tertiary/aromatic N) is 4. The van der Waals surface area contributed by atoms with E-state index in [1.165, 1.54) is 0 Å². The number of hydrogen-bond donors (Lipinski definition) is 1. The average molecular weight is 422 g/mol. The fourth-order valence-corrected chi connectivity index (χ4v) is 3.26. The van der Waals surface area contributed by atoms with Crippen molar-refractivity contribution in [2.75, 3.05) is 5.32 Å². The Labute approximate surface area is 164 Å². The van der Waals surface area contributed by atoms with Crippen LogP contribution in [0.3, 0.4) is 0 Å². The number of benzene rings is 2. The second kappa shape index (κ2) is 6.92. The smallest absolute Gasteiger partial charge is 0.279 e. The minimum absolute atomic E-state index is 0.268. The number of pyridine rings is 1. The largest absolute Gasteiger partial charge is 0.305 e. The molecule has 0 fully saturated rings. The second-order valence-corrected chi connectivity index (χ2v) is 7.02. The molecule has 0 unspecified atom stereocenters. The Morgan fingerprint density at radius 3 is 2.70 bits per heavy atom. The van der Waals surface area contributed by atoms with Crippen LogP contribution < -0.4 is 5.32 Å². The van der Waals surface area contributed by atoms with Crippen molar-refractivity contribution < 1.29 is 4.79 Å². The van der Waals surface area contributed by atoms with Gasteiger partial charge in [-0.15, -0.1) is 5.10 Å². The maximum Gasteiger partial charge on any atom is 0.279 e. The van der Waals surface area contributed by atoms with Gasteiger partial charge in [0, 0.05) is 9.86 Å². The van der Waals surface area contributed by atoms with Crippen molar-refractivity contribution in [2.24, 2.45) is 0 Å². The van der Waals surface area contributed by atoms with E-state index in [9.17, 15) is 4.79 Å². The SMILES string of the molecule is Cc1c(Br)cccc1-n1nnc(C(=O)Nc2ccc3ccccc3n2)c1C. The summed E-state index contributed by atoms with van der Waals surface area (Å²) >= 11 is 3.52. The number of fused-ring (bicyclic) bond motifs is 1. The highest BCUT2D eigenvalue weighted by atomic mass is 79.9. The third-order valence-corrected chi connectivity index (χ3v) is 5.28. The molecule has 6 nitrogen and oxygen atoms in total. The van der Waals surface area contributed by atoms with Gasteiger partial charge in [-0.25, -0.2) is 9.67 Å². The number of hydrogen-bond acceptors (Lipinski definition) is 4. The number of carbonyl (C=O) groups excluding carboxylic acids is 1. The predicted molar refractivity (Wildman–Crippen MR) is 108 cm³/mol. The number of anilines is 1. The zero-order valence-corrected chi connectivity index (χ0v) is 16.4. The van der Waals surface area contributed by atoms with Crippen molar-refractivity contribution in [1.82, 2.24) is 20.0 Å². The highest BCUT2D eigenvalue weighted by Crippen LogP contribution is 2.24. The van der Waals surface area contributed by atoms with Crippen LogP contribution in [0.25, 0.3) is 16.6 Å². The van der Waals surface area contributed by atoms with Crippen LogP contribution in [-0.4, -0.2) is 25.9 Å². The Morgan fingerprint density at radius 1 is 1.04 bits per heavy atom. The molecule has 0 spiro atoms. The maximum absolute atomic E-state index is 12.7. The lowest BCUT2D eigenvalue weighted by atomic mass is 10.2. The van der Waals surface area contributed by atoms with E-state index in [0.717, 1.165) is 26.6 Å². The third kappa shape index (κ3) is 3.21. The first-order valence-electron chi connectivity index (χ1n) is 8.39. The standard InChI is InChI=1S/C20H16BrN5O/c1-12-15(21)7-5-9-17(12)26-13(2)19(24-25-26)20(27)23-18-11-10-14-6-3-4-8-16(14)22-18/h3-11H,1-2H3,(H,22,23,27). The summed E-state index contributed by atoms with van der Waals surface area (Å²) in [6, 6.07) is 17.3. The van der Waals surface area contributed by atoms with Gasteiger partial charge in [0.2, 0.25) is 0 Å². The monoisotopic (exact) mass is 421 g/mol. The van der Waals surface area contributed by atoms with Crippen molar-refractivity contribution in [3.63, 3.8) is 0 Å². The number of amides is 1. The van der Waals surface area contributed by atoms with E-state index in [1.807, 2.05) is 62.4 Å². The molecule has 4 rings (SSSR count). The molecule has 0 bridgehead atoms. The van der Waals surface area contributed by atoms with Crippen LogP contribution >= 0.6 is 15.9 Å². The minimum Gasteiger partial charge on any atom is -0.305 e. The minimum atomic E-state index is -0.339. The van der Waals surface area contributed by atoms with E-state index < -0.39 is 0 Å². The summed E-state index contributed by atoms with van der Waals surface area (Å²) < 4.78 is 2.64. The van der Waals surface area contributed by atoms with Crippen LogP contribution in [0.1, 0.15) is 21.7 Å². The number of aromatic nitrogens is 4. The van der Waals surface area contributed by atoms with Crippen LogP contribution in [-0.2, 0) is 0 Å². The zero-order chi connectivity index (χ0) is 19.0. The first-order valence-corrected chi connectivity index (χ1v) is 9.19. The first kappa shape index (κ1) is 17.4. The Kier molecular flexibility index (Phi) is 4.45. The van der Waals surface area contributed by atoms with Crippen LogP contribution in [0.5, 0.6) is 0 Å². The average Bonchev–Trinajstić information content (AvgIpc) is 3.05. The molecule has 2 aromatic heterocycles. The van der Waals surface area contributed by atoms with Gasteiger partial charge in [-0.1, -0.05) is 45.4 Å². The van der Waals surface area contributed by atoms with Crippen LogP contribution in [0, 0.1) is 13.8 Å². The number of rotatable bonds is 3.